The van der Waals surface area contributed by atoms with Gasteiger partial charge in [0.15, 0.2) is 0 Å². The van der Waals surface area contributed by atoms with Crippen molar-refractivity contribution in [3.63, 3.8) is 0 Å². The van der Waals surface area contributed by atoms with Crippen LogP contribution < -0.4 is 5.32 Å². The molecular formula is C14H21NO4. The molecule has 0 aromatic rings. The first-order chi connectivity index (χ1) is 9.02. The third-order valence-electron chi connectivity index (χ3n) is 3.03. The Morgan fingerprint density at radius 3 is 2.63 bits per heavy atom. The largest absolute Gasteiger partial charge is 0.478 e. The van der Waals surface area contributed by atoms with Crippen LogP contribution in [0.5, 0.6) is 0 Å². The number of nitrogens with one attached hydrogen (secondary N) is 1. The van der Waals surface area contributed by atoms with E-state index >= 15 is 0 Å². The van der Waals surface area contributed by atoms with Crippen LogP contribution in [-0.4, -0.2) is 36.7 Å². The van der Waals surface area contributed by atoms with Crippen LogP contribution in [0.15, 0.2) is 23.3 Å². The van der Waals surface area contributed by atoms with Crippen LogP contribution in [-0.2, 0) is 14.3 Å². The van der Waals surface area contributed by atoms with Gasteiger partial charge in [-0.15, -0.1) is 0 Å². The number of likely N-dealkylation sites (N-methyl/N-ethyl adjacent to an activating group) is 1. The molecule has 106 valence electrons. The SMILES string of the molecule is CNC(=O)/C(C)=C/C(=C\C(=O)O)CC1CCCCO1. The zero-order chi connectivity index (χ0) is 14.3. The maximum absolute atomic E-state index is 11.4. The Morgan fingerprint density at radius 1 is 1.37 bits per heavy atom. The van der Waals surface area contributed by atoms with Crippen molar-refractivity contribution in [2.24, 2.45) is 0 Å². The quantitative estimate of drug-likeness (QED) is 0.586. The number of carboxylic acids is 1. The first-order valence-corrected chi connectivity index (χ1v) is 6.48. The van der Waals surface area contributed by atoms with Crippen LogP contribution in [0, 0.1) is 0 Å². The standard InChI is InChI=1S/C14H21NO4/c1-10(14(18)15-2)7-11(9-13(16)17)8-12-5-3-4-6-19-12/h7,9,12H,3-6,8H2,1-2H3,(H,15,18)(H,16,17)/b10-7+,11-9+. The molecule has 1 heterocycles. The molecular weight excluding hydrogens is 246 g/mol. The lowest BCUT2D eigenvalue weighted by Crippen LogP contribution is -2.21. The highest BCUT2D eigenvalue weighted by atomic mass is 16.5. The molecule has 1 saturated heterocycles. The van der Waals surface area contributed by atoms with Gasteiger partial charge in [0.05, 0.1) is 6.10 Å². The van der Waals surface area contributed by atoms with Crippen molar-refractivity contribution < 1.29 is 19.4 Å². The van der Waals surface area contributed by atoms with Crippen molar-refractivity contribution in [2.75, 3.05) is 13.7 Å². The van der Waals surface area contributed by atoms with Crippen molar-refractivity contribution in [1.82, 2.24) is 5.32 Å². The molecule has 0 spiro atoms. The van der Waals surface area contributed by atoms with E-state index in [1.165, 1.54) is 0 Å². The number of hydrogen-bond acceptors (Lipinski definition) is 3. The van der Waals surface area contributed by atoms with Gasteiger partial charge < -0.3 is 15.2 Å². The lowest BCUT2D eigenvalue weighted by molar-refractivity contribution is -0.131. The molecule has 1 fully saturated rings. The molecule has 1 unspecified atom stereocenters. The highest BCUT2D eigenvalue weighted by Crippen LogP contribution is 2.21. The number of aliphatic carboxylic acids is 1. The predicted molar refractivity (Wildman–Crippen MR) is 71.8 cm³/mol. The highest BCUT2D eigenvalue weighted by molar-refractivity contribution is 5.93. The van der Waals surface area contributed by atoms with Crippen molar-refractivity contribution in [3.8, 4) is 0 Å². The zero-order valence-corrected chi connectivity index (χ0v) is 11.4. The number of rotatable bonds is 5. The molecule has 5 heteroatoms. The molecule has 0 aromatic heterocycles. The smallest absolute Gasteiger partial charge is 0.328 e. The van der Waals surface area contributed by atoms with E-state index in [0.717, 1.165) is 31.9 Å². The van der Waals surface area contributed by atoms with Gasteiger partial charge >= 0.3 is 5.97 Å². The number of allylic oxidation sites excluding steroid dienone is 1. The fourth-order valence-corrected chi connectivity index (χ4v) is 2.09. The van der Waals surface area contributed by atoms with Crippen LogP contribution in [0.3, 0.4) is 0 Å². The molecule has 1 atom stereocenters. The number of carbonyl (C=O) groups is 2. The summed E-state index contributed by atoms with van der Waals surface area (Å²) < 4.78 is 5.59. The van der Waals surface area contributed by atoms with Gasteiger partial charge in [-0.3, -0.25) is 4.79 Å². The molecule has 1 aliphatic heterocycles. The third kappa shape index (κ3) is 5.70. The minimum Gasteiger partial charge on any atom is -0.478 e. The van der Waals surface area contributed by atoms with Gasteiger partial charge in [-0.1, -0.05) is 6.08 Å². The highest BCUT2D eigenvalue weighted by Gasteiger charge is 2.16. The Hall–Kier alpha value is -1.62. The fourth-order valence-electron chi connectivity index (χ4n) is 2.09. The second-order valence-corrected chi connectivity index (χ2v) is 4.66. The van der Waals surface area contributed by atoms with Crippen LogP contribution in [0.2, 0.25) is 0 Å². The second kappa shape index (κ2) is 7.74. The van der Waals surface area contributed by atoms with E-state index in [9.17, 15) is 9.59 Å². The summed E-state index contributed by atoms with van der Waals surface area (Å²) in [7, 11) is 1.55. The Labute approximate surface area is 113 Å². The molecule has 19 heavy (non-hydrogen) atoms. The van der Waals surface area contributed by atoms with Gasteiger partial charge in [-0.25, -0.2) is 4.79 Å². The number of carboxylic acid groups (broad SMARTS) is 1. The van der Waals surface area contributed by atoms with Gasteiger partial charge in [0.2, 0.25) is 5.91 Å². The molecule has 0 saturated carbocycles. The normalized spacial score (nSPS) is 21.1. The van der Waals surface area contributed by atoms with Crippen molar-refractivity contribution in [1.29, 1.82) is 0 Å². The molecule has 0 aromatic carbocycles. The molecule has 0 bridgehead atoms. The monoisotopic (exact) mass is 267 g/mol. The topological polar surface area (TPSA) is 75.6 Å². The van der Waals surface area contributed by atoms with Gasteiger partial charge in [-0.2, -0.15) is 0 Å². The van der Waals surface area contributed by atoms with Crippen molar-refractivity contribution >= 4 is 11.9 Å². The number of hydrogen-bond donors (Lipinski definition) is 2. The van der Waals surface area contributed by atoms with Gasteiger partial charge in [0.1, 0.15) is 0 Å². The molecule has 0 radical (unpaired) electrons. The molecule has 1 aliphatic rings. The summed E-state index contributed by atoms with van der Waals surface area (Å²) in [5, 5.41) is 11.4. The molecule has 0 aliphatic carbocycles. The van der Waals surface area contributed by atoms with Gasteiger partial charge in [0.25, 0.3) is 0 Å². The lowest BCUT2D eigenvalue weighted by atomic mass is 9.99. The maximum atomic E-state index is 11.4. The number of ether oxygens (including phenoxy) is 1. The van der Waals surface area contributed by atoms with E-state index in [4.69, 9.17) is 9.84 Å². The van der Waals surface area contributed by atoms with E-state index in [1.807, 2.05) is 0 Å². The summed E-state index contributed by atoms with van der Waals surface area (Å²) in [5.41, 5.74) is 1.10. The van der Waals surface area contributed by atoms with E-state index in [-0.39, 0.29) is 12.0 Å². The number of amides is 1. The average molecular weight is 267 g/mol. The molecule has 5 nitrogen and oxygen atoms in total. The first-order valence-electron chi connectivity index (χ1n) is 6.48. The minimum absolute atomic E-state index is 0.0492. The summed E-state index contributed by atoms with van der Waals surface area (Å²) in [4.78, 5) is 22.3. The van der Waals surface area contributed by atoms with Crippen molar-refractivity contribution in [3.05, 3.63) is 23.3 Å². The molecule has 1 amide bonds. The Balaban J connectivity index is 2.77. The van der Waals surface area contributed by atoms with E-state index < -0.39 is 5.97 Å². The Morgan fingerprint density at radius 2 is 2.11 bits per heavy atom. The van der Waals surface area contributed by atoms with Crippen LogP contribution in [0.1, 0.15) is 32.6 Å². The molecule has 2 N–H and O–H groups in total. The Bertz CT molecular complexity index is 392. The molecule has 1 rings (SSSR count). The van der Waals surface area contributed by atoms with Crippen LogP contribution in [0.25, 0.3) is 0 Å². The summed E-state index contributed by atoms with van der Waals surface area (Å²) in [6, 6.07) is 0. The van der Waals surface area contributed by atoms with Gasteiger partial charge in [0, 0.05) is 25.3 Å². The first kappa shape index (κ1) is 15.4. The van der Waals surface area contributed by atoms with E-state index in [1.54, 1.807) is 20.0 Å². The fraction of sp³-hybridized carbons (Fsp3) is 0.571. The summed E-state index contributed by atoms with van der Waals surface area (Å²) >= 11 is 0. The number of carbonyl (C=O) groups excluding carboxylic acids is 1. The lowest BCUT2D eigenvalue weighted by Gasteiger charge is -2.22. The Kier molecular flexibility index (Phi) is 6.29. The minimum atomic E-state index is -1.01. The summed E-state index contributed by atoms with van der Waals surface area (Å²) in [6.45, 7) is 2.39. The third-order valence-corrected chi connectivity index (χ3v) is 3.03. The van der Waals surface area contributed by atoms with Crippen molar-refractivity contribution in [2.45, 2.75) is 38.7 Å². The van der Waals surface area contributed by atoms with E-state index in [2.05, 4.69) is 5.32 Å². The predicted octanol–water partition coefficient (Wildman–Crippen LogP) is 1.65. The van der Waals surface area contributed by atoms with E-state index in [0.29, 0.717) is 17.6 Å². The van der Waals surface area contributed by atoms with Gasteiger partial charge in [-0.05, 0) is 38.2 Å². The summed E-state index contributed by atoms with van der Waals surface area (Å²) in [6.07, 6.45) is 6.43. The zero-order valence-electron chi connectivity index (χ0n) is 11.4. The second-order valence-electron chi connectivity index (χ2n) is 4.66. The van der Waals surface area contributed by atoms with Crippen LogP contribution in [0.4, 0.5) is 0 Å². The summed E-state index contributed by atoms with van der Waals surface area (Å²) in [5.74, 6) is -1.22. The maximum Gasteiger partial charge on any atom is 0.328 e. The average Bonchev–Trinajstić information content (AvgIpc) is 2.38. The van der Waals surface area contributed by atoms with Crippen LogP contribution >= 0.6 is 0 Å².